The van der Waals surface area contributed by atoms with Gasteiger partial charge < -0.3 is 15.2 Å². The summed E-state index contributed by atoms with van der Waals surface area (Å²) in [4.78, 5) is 11.7. The molecule has 1 aromatic rings. The molecule has 1 aliphatic rings. The monoisotopic (exact) mass is 250 g/mol. The predicted octanol–water partition coefficient (Wildman–Crippen LogP) is 0.550. The molecule has 1 atom stereocenters. The Morgan fingerprint density at radius 1 is 1.33 bits per heavy atom. The Kier molecular flexibility index (Phi) is 3.17. The molecule has 1 unspecified atom stereocenters. The number of benzene rings is 1. The first-order chi connectivity index (χ1) is 8.52. The largest absolute Gasteiger partial charge is 0.493 e. The number of methoxy groups -OCH3 is 2. The normalized spacial score (nSPS) is 22.2. The van der Waals surface area contributed by atoms with Gasteiger partial charge in [-0.2, -0.15) is 0 Å². The minimum atomic E-state index is -0.854. The van der Waals surface area contributed by atoms with E-state index in [-0.39, 0.29) is 0 Å². The second-order valence-corrected chi connectivity index (χ2v) is 4.53. The third-order valence-corrected chi connectivity index (χ3v) is 3.51. The lowest BCUT2D eigenvalue weighted by molar-refractivity contribution is -0.124. The first-order valence-corrected chi connectivity index (χ1v) is 5.83. The quantitative estimate of drug-likeness (QED) is 0.821. The molecule has 3 N–H and O–H groups in total. The van der Waals surface area contributed by atoms with E-state index in [1.807, 2.05) is 12.1 Å². The Hall–Kier alpha value is -1.75. The minimum absolute atomic E-state index is 0.393. The Balaban J connectivity index is 2.61. The molecule has 0 fully saturated rings. The zero-order valence-electron chi connectivity index (χ0n) is 10.9. The highest BCUT2D eigenvalue weighted by atomic mass is 16.5. The summed E-state index contributed by atoms with van der Waals surface area (Å²) in [7, 11) is 3.17. The van der Waals surface area contributed by atoms with Gasteiger partial charge in [0.25, 0.3) is 0 Å². The van der Waals surface area contributed by atoms with E-state index in [0.29, 0.717) is 18.0 Å². The Bertz CT molecular complexity index is 487. The predicted molar refractivity (Wildman–Crippen MR) is 67.8 cm³/mol. The van der Waals surface area contributed by atoms with Crippen LogP contribution < -0.4 is 20.5 Å². The average molecular weight is 250 g/mol. The molecular weight excluding hydrogens is 232 g/mol. The molecule has 1 aliphatic heterocycles. The lowest BCUT2D eigenvalue weighted by Gasteiger charge is -2.35. The SMILES string of the molecule is COc1cc2c(cc1OC)C(C)(C(N)=O)NCC2. The van der Waals surface area contributed by atoms with Gasteiger partial charge in [0.1, 0.15) is 5.54 Å². The molecule has 0 radical (unpaired) electrons. The second-order valence-electron chi connectivity index (χ2n) is 4.53. The number of hydrogen-bond acceptors (Lipinski definition) is 4. The fraction of sp³-hybridized carbons (Fsp3) is 0.462. The molecule has 1 amide bonds. The zero-order valence-corrected chi connectivity index (χ0v) is 10.9. The number of carbonyl (C=O) groups is 1. The van der Waals surface area contributed by atoms with Crippen molar-refractivity contribution < 1.29 is 14.3 Å². The van der Waals surface area contributed by atoms with Gasteiger partial charge in [0.05, 0.1) is 14.2 Å². The van der Waals surface area contributed by atoms with E-state index in [2.05, 4.69) is 5.32 Å². The van der Waals surface area contributed by atoms with Crippen LogP contribution in [0.1, 0.15) is 18.1 Å². The van der Waals surface area contributed by atoms with Crippen LogP contribution in [0.5, 0.6) is 11.5 Å². The maximum absolute atomic E-state index is 11.7. The number of fused-ring (bicyclic) bond motifs is 1. The molecule has 2 rings (SSSR count). The second kappa shape index (κ2) is 4.49. The average Bonchev–Trinajstić information content (AvgIpc) is 2.37. The van der Waals surface area contributed by atoms with Crippen LogP contribution in [0.3, 0.4) is 0 Å². The summed E-state index contributed by atoms with van der Waals surface area (Å²) < 4.78 is 10.5. The summed E-state index contributed by atoms with van der Waals surface area (Å²) in [5.41, 5.74) is 6.57. The van der Waals surface area contributed by atoms with E-state index in [9.17, 15) is 4.79 Å². The maximum atomic E-state index is 11.7. The maximum Gasteiger partial charge on any atom is 0.242 e. The lowest BCUT2D eigenvalue weighted by atomic mass is 9.83. The topological polar surface area (TPSA) is 73.6 Å². The van der Waals surface area contributed by atoms with Crippen molar-refractivity contribution in [3.8, 4) is 11.5 Å². The fourth-order valence-electron chi connectivity index (χ4n) is 2.36. The van der Waals surface area contributed by atoms with Gasteiger partial charge in [-0.1, -0.05) is 0 Å². The molecule has 0 aromatic heterocycles. The number of primary amides is 1. The van der Waals surface area contributed by atoms with Crippen LogP contribution in [0.4, 0.5) is 0 Å². The number of ether oxygens (including phenoxy) is 2. The zero-order chi connectivity index (χ0) is 13.3. The van der Waals surface area contributed by atoms with Gasteiger partial charge in [-0.05, 0) is 36.6 Å². The van der Waals surface area contributed by atoms with Crippen LogP contribution in [0.25, 0.3) is 0 Å². The van der Waals surface area contributed by atoms with Gasteiger partial charge in [-0.15, -0.1) is 0 Å². The summed E-state index contributed by atoms with van der Waals surface area (Å²) in [6.45, 7) is 2.50. The number of carbonyl (C=O) groups excluding carboxylic acids is 1. The van der Waals surface area contributed by atoms with E-state index < -0.39 is 11.4 Å². The van der Waals surface area contributed by atoms with E-state index in [4.69, 9.17) is 15.2 Å². The Morgan fingerprint density at radius 2 is 1.94 bits per heavy atom. The van der Waals surface area contributed by atoms with Crippen molar-refractivity contribution in [3.63, 3.8) is 0 Å². The molecule has 0 saturated carbocycles. The molecule has 5 nitrogen and oxygen atoms in total. The highest BCUT2D eigenvalue weighted by Crippen LogP contribution is 2.37. The molecule has 0 bridgehead atoms. The summed E-state index contributed by atoms with van der Waals surface area (Å²) in [5.74, 6) is 0.882. The van der Waals surface area contributed by atoms with Crippen molar-refractivity contribution in [2.45, 2.75) is 18.9 Å². The van der Waals surface area contributed by atoms with E-state index in [1.165, 1.54) is 0 Å². The van der Waals surface area contributed by atoms with Gasteiger partial charge in [0.2, 0.25) is 5.91 Å². The molecular formula is C13H18N2O3. The highest BCUT2D eigenvalue weighted by Gasteiger charge is 2.38. The molecule has 98 valence electrons. The number of hydrogen-bond donors (Lipinski definition) is 2. The third-order valence-electron chi connectivity index (χ3n) is 3.51. The van der Waals surface area contributed by atoms with Crippen molar-refractivity contribution in [1.29, 1.82) is 0 Å². The first kappa shape index (κ1) is 12.7. The van der Waals surface area contributed by atoms with E-state index in [1.54, 1.807) is 21.1 Å². The van der Waals surface area contributed by atoms with Crippen molar-refractivity contribution in [2.75, 3.05) is 20.8 Å². The van der Waals surface area contributed by atoms with Crippen molar-refractivity contribution in [1.82, 2.24) is 5.32 Å². The van der Waals surface area contributed by atoms with E-state index >= 15 is 0 Å². The molecule has 5 heteroatoms. The van der Waals surface area contributed by atoms with E-state index in [0.717, 1.165) is 17.5 Å². The van der Waals surface area contributed by atoms with Crippen LogP contribution in [-0.4, -0.2) is 26.7 Å². The smallest absolute Gasteiger partial charge is 0.242 e. The highest BCUT2D eigenvalue weighted by molar-refractivity contribution is 5.87. The van der Waals surface area contributed by atoms with Crippen LogP contribution in [0, 0.1) is 0 Å². The summed E-state index contributed by atoms with van der Waals surface area (Å²) in [6.07, 6.45) is 0.832. The standard InChI is InChI=1S/C13H18N2O3/c1-13(12(14)16)9-7-11(18-3)10(17-2)6-8(9)4-5-15-13/h6-7,15H,4-5H2,1-3H3,(H2,14,16). The van der Waals surface area contributed by atoms with Crippen LogP contribution in [0.2, 0.25) is 0 Å². The minimum Gasteiger partial charge on any atom is -0.493 e. The number of amides is 1. The Morgan fingerprint density at radius 3 is 2.50 bits per heavy atom. The fourth-order valence-corrected chi connectivity index (χ4v) is 2.36. The number of nitrogens with one attached hydrogen (secondary N) is 1. The lowest BCUT2D eigenvalue weighted by Crippen LogP contribution is -2.53. The molecule has 18 heavy (non-hydrogen) atoms. The molecule has 0 aliphatic carbocycles. The van der Waals surface area contributed by atoms with Gasteiger partial charge in [-0.3, -0.25) is 10.1 Å². The molecule has 1 heterocycles. The van der Waals surface area contributed by atoms with Gasteiger partial charge >= 0.3 is 0 Å². The van der Waals surface area contributed by atoms with Gasteiger partial charge in [0, 0.05) is 6.54 Å². The number of rotatable bonds is 3. The first-order valence-electron chi connectivity index (χ1n) is 5.83. The van der Waals surface area contributed by atoms with Crippen LogP contribution in [-0.2, 0) is 16.8 Å². The summed E-state index contributed by atoms with van der Waals surface area (Å²) in [6, 6.07) is 3.74. The summed E-state index contributed by atoms with van der Waals surface area (Å²) in [5, 5.41) is 3.17. The molecule has 0 saturated heterocycles. The van der Waals surface area contributed by atoms with Crippen molar-refractivity contribution >= 4 is 5.91 Å². The van der Waals surface area contributed by atoms with Gasteiger partial charge in [0.15, 0.2) is 11.5 Å². The summed E-state index contributed by atoms with van der Waals surface area (Å²) >= 11 is 0. The van der Waals surface area contributed by atoms with Crippen LogP contribution >= 0.6 is 0 Å². The van der Waals surface area contributed by atoms with Crippen LogP contribution in [0.15, 0.2) is 12.1 Å². The van der Waals surface area contributed by atoms with Gasteiger partial charge in [-0.25, -0.2) is 0 Å². The van der Waals surface area contributed by atoms with Crippen molar-refractivity contribution in [2.24, 2.45) is 5.73 Å². The molecule has 0 spiro atoms. The van der Waals surface area contributed by atoms with Crippen molar-refractivity contribution in [3.05, 3.63) is 23.3 Å². The third kappa shape index (κ3) is 1.80. The Labute approximate surface area is 106 Å². The number of nitrogens with two attached hydrogens (primary N) is 1. The molecule has 1 aromatic carbocycles.